The van der Waals surface area contributed by atoms with E-state index in [1.54, 1.807) is 6.92 Å². The predicted octanol–water partition coefficient (Wildman–Crippen LogP) is 4.80. The van der Waals surface area contributed by atoms with Crippen molar-refractivity contribution in [3.05, 3.63) is 47.7 Å². The van der Waals surface area contributed by atoms with Gasteiger partial charge in [0.15, 0.2) is 15.7 Å². The molecule has 3 fully saturated rings. The first kappa shape index (κ1) is 29.0. The number of sulfone groups is 1. The van der Waals surface area contributed by atoms with Crippen LogP contribution < -0.4 is 10.1 Å². The van der Waals surface area contributed by atoms with Crippen molar-refractivity contribution in [3.63, 3.8) is 0 Å². The number of phenolic OH excluding ortho intramolecular Hbond substituents is 1. The van der Waals surface area contributed by atoms with Crippen molar-refractivity contribution in [1.82, 2.24) is 19.9 Å². The summed E-state index contributed by atoms with van der Waals surface area (Å²) >= 11 is 0. The largest absolute Gasteiger partial charge is 0.508 e. The summed E-state index contributed by atoms with van der Waals surface area (Å²) in [5.41, 5.74) is -0.131. The SMILES string of the molecule is CCc1c(F)ccc2cc(O)cc(-c3ncc4c(NCC5CS(=O)(=O)C5)nc(OC[C@@]56CCCN5C[C@H](F)C6)nc4c3F)c12. The first-order chi connectivity index (χ1) is 21.1. The summed E-state index contributed by atoms with van der Waals surface area (Å²) < 4.78 is 75.2. The van der Waals surface area contributed by atoms with Gasteiger partial charge in [0.2, 0.25) is 0 Å². The van der Waals surface area contributed by atoms with Crippen LogP contribution in [-0.4, -0.2) is 82.8 Å². The monoisotopic (exact) mass is 627 g/mol. The molecule has 3 saturated heterocycles. The number of halogens is 3. The van der Waals surface area contributed by atoms with E-state index >= 15 is 4.39 Å². The predicted molar refractivity (Wildman–Crippen MR) is 160 cm³/mol. The summed E-state index contributed by atoms with van der Waals surface area (Å²) in [6.07, 6.45) is 2.82. The number of fused-ring (bicyclic) bond motifs is 3. The number of hydrogen-bond donors (Lipinski definition) is 2. The molecule has 0 aliphatic carbocycles. The summed E-state index contributed by atoms with van der Waals surface area (Å²) in [6, 6.07) is 5.58. The lowest BCUT2D eigenvalue weighted by Gasteiger charge is -2.31. The van der Waals surface area contributed by atoms with Crippen LogP contribution in [0.1, 0.15) is 31.7 Å². The third kappa shape index (κ3) is 4.99. The Morgan fingerprint density at radius 1 is 1.20 bits per heavy atom. The molecule has 3 aliphatic rings. The molecular weight excluding hydrogens is 595 g/mol. The van der Waals surface area contributed by atoms with Crippen LogP contribution in [0.5, 0.6) is 11.8 Å². The zero-order chi connectivity index (χ0) is 30.8. The van der Waals surface area contributed by atoms with Crippen LogP contribution in [0.15, 0.2) is 30.5 Å². The van der Waals surface area contributed by atoms with Gasteiger partial charge >= 0.3 is 6.01 Å². The topological polar surface area (TPSA) is 118 Å². The fourth-order valence-electron chi connectivity index (χ4n) is 7.13. The third-order valence-corrected chi connectivity index (χ3v) is 11.2. The summed E-state index contributed by atoms with van der Waals surface area (Å²) in [6.45, 7) is 3.34. The number of anilines is 1. The first-order valence-electron chi connectivity index (χ1n) is 14.8. The summed E-state index contributed by atoms with van der Waals surface area (Å²) in [5, 5.41) is 14.8. The molecule has 44 heavy (non-hydrogen) atoms. The Kier molecular flexibility index (Phi) is 7.07. The molecule has 5 heterocycles. The summed E-state index contributed by atoms with van der Waals surface area (Å²) in [4.78, 5) is 15.4. The number of nitrogens with one attached hydrogen (secondary N) is 1. The molecule has 2 aromatic heterocycles. The highest BCUT2D eigenvalue weighted by Crippen LogP contribution is 2.41. The van der Waals surface area contributed by atoms with Crippen molar-refractivity contribution in [3.8, 4) is 23.0 Å². The molecule has 2 aromatic carbocycles. The number of nitrogens with zero attached hydrogens (tertiary/aromatic N) is 4. The number of ether oxygens (including phenoxy) is 1. The smallest absolute Gasteiger partial charge is 0.319 e. The molecule has 7 rings (SSSR count). The summed E-state index contributed by atoms with van der Waals surface area (Å²) in [7, 11) is -3.04. The zero-order valence-electron chi connectivity index (χ0n) is 24.1. The molecule has 2 atom stereocenters. The van der Waals surface area contributed by atoms with Crippen molar-refractivity contribution in [2.24, 2.45) is 5.92 Å². The van der Waals surface area contributed by atoms with Crippen LogP contribution in [-0.2, 0) is 16.3 Å². The molecule has 3 aliphatic heterocycles. The minimum Gasteiger partial charge on any atom is -0.508 e. The van der Waals surface area contributed by atoms with Gasteiger partial charge < -0.3 is 15.2 Å². The van der Waals surface area contributed by atoms with Crippen LogP contribution >= 0.6 is 0 Å². The van der Waals surface area contributed by atoms with E-state index < -0.39 is 33.2 Å². The number of hydrogen-bond acceptors (Lipinski definition) is 9. The second-order valence-electron chi connectivity index (χ2n) is 12.2. The number of rotatable bonds is 8. The van der Waals surface area contributed by atoms with Gasteiger partial charge in [0.25, 0.3) is 0 Å². The highest BCUT2D eigenvalue weighted by Gasteiger charge is 2.49. The Balaban J connectivity index is 1.32. The average Bonchev–Trinajstić information content (AvgIpc) is 3.49. The Morgan fingerprint density at radius 2 is 2.02 bits per heavy atom. The summed E-state index contributed by atoms with van der Waals surface area (Å²) in [5.74, 6) is -1.19. The van der Waals surface area contributed by atoms with Crippen molar-refractivity contribution >= 4 is 37.3 Å². The number of pyridine rings is 1. The second-order valence-corrected chi connectivity index (χ2v) is 14.4. The number of aromatic nitrogens is 3. The van der Waals surface area contributed by atoms with Gasteiger partial charge in [0.05, 0.1) is 22.4 Å². The molecule has 232 valence electrons. The minimum atomic E-state index is -3.04. The first-order valence-corrected chi connectivity index (χ1v) is 16.6. The highest BCUT2D eigenvalue weighted by atomic mass is 32.2. The van der Waals surface area contributed by atoms with Crippen LogP contribution in [0, 0.1) is 17.6 Å². The van der Waals surface area contributed by atoms with Crippen LogP contribution in [0.4, 0.5) is 19.0 Å². The van der Waals surface area contributed by atoms with E-state index in [2.05, 4.69) is 25.2 Å². The van der Waals surface area contributed by atoms with Crippen molar-refractivity contribution in [1.29, 1.82) is 0 Å². The molecule has 0 unspecified atom stereocenters. The van der Waals surface area contributed by atoms with Crippen LogP contribution in [0.2, 0.25) is 0 Å². The van der Waals surface area contributed by atoms with E-state index in [1.807, 2.05) is 0 Å². The zero-order valence-corrected chi connectivity index (χ0v) is 24.9. The van der Waals surface area contributed by atoms with Gasteiger partial charge in [-0.1, -0.05) is 13.0 Å². The quantitative estimate of drug-likeness (QED) is 0.284. The number of phenols is 1. The van der Waals surface area contributed by atoms with Gasteiger partial charge in [-0.25, -0.2) is 21.6 Å². The molecule has 13 heteroatoms. The molecular formula is C31H32F3N5O4S. The van der Waals surface area contributed by atoms with E-state index in [1.165, 1.54) is 30.5 Å². The molecule has 0 amide bonds. The molecule has 0 radical (unpaired) electrons. The van der Waals surface area contributed by atoms with Crippen molar-refractivity contribution in [2.75, 3.05) is 43.1 Å². The van der Waals surface area contributed by atoms with Crippen molar-refractivity contribution < 1.29 is 31.4 Å². The minimum absolute atomic E-state index is 0.0484. The van der Waals surface area contributed by atoms with Gasteiger partial charge in [-0.2, -0.15) is 9.97 Å². The number of alkyl halides is 1. The lowest BCUT2D eigenvalue weighted by atomic mass is 9.94. The standard InChI is InChI=1S/C31H32F3N5O4S/c1-2-21-24(33)5-4-18-8-20(40)9-22(25(18)21)27-26(34)28-23(12-35-27)29(36-11-17-14-44(41,42)15-17)38-30(37-28)43-16-31-6-3-7-39(31)13-19(32)10-31/h4-5,8-9,12,17,19,40H,2-3,6-7,10-11,13-16H2,1H3,(H,36,37,38)/t19-,31+/m1/s1. The second kappa shape index (κ2) is 10.7. The Hall–Kier alpha value is -3.71. The number of benzene rings is 2. The third-order valence-electron chi connectivity index (χ3n) is 9.19. The van der Waals surface area contributed by atoms with Crippen LogP contribution in [0.3, 0.4) is 0 Å². The van der Waals surface area contributed by atoms with E-state index in [9.17, 15) is 22.3 Å². The molecule has 0 spiro atoms. The maximum atomic E-state index is 16.5. The van der Waals surface area contributed by atoms with Gasteiger partial charge in [-0.05, 0) is 60.3 Å². The molecule has 0 bridgehead atoms. The fourth-order valence-corrected chi connectivity index (χ4v) is 8.71. The van der Waals surface area contributed by atoms with E-state index in [4.69, 9.17) is 4.74 Å². The van der Waals surface area contributed by atoms with E-state index in [0.29, 0.717) is 35.7 Å². The molecule has 2 N–H and O–H groups in total. The van der Waals surface area contributed by atoms with Crippen LogP contribution in [0.25, 0.3) is 32.9 Å². The van der Waals surface area contributed by atoms with E-state index in [0.717, 1.165) is 19.4 Å². The highest BCUT2D eigenvalue weighted by molar-refractivity contribution is 7.92. The van der Waals surface area contributed by atoms with Crippen molar-refractivity contribution in [2.45, 2.75) is 44.3 Å². The Bertz CT molecular complexity index is 1900. The van der Waals surface area contributed by atoms with Gasteiger partial charge in [0, 0.05) is 37.2 Å². The van der Waals surface area contributed by atoms with Gasteiger partial charge in [-0.15, -0.1) is 0 Å². The molecule has 9 nitrogen and oxygen atoms in total. The maximum Gasteiger partial charge on any atom is 0.319 e. The maximum absolute atomic E-state index is 16.5. The Morgan fingerprint density at radius 3 is 2.80 bits per heavy atom. The molecule has 0 saturated carbocycles. The lowest BCUT2D eigenvalue weighted by molar-refractivity contribution is 0.107. The fraction of sp³-hybridized carbons (Fsp3) is 0.452. The average molecular weight is 628 g/mol. The Labute approximate surface area is 252 Å². The number of aromatic hydroxyl groups is 1. The normalized spacial score (nSPS) is 23.2. The number of aryl methyl sites for hydroxylation is 1. The van der Waals surface area contributed by atoms with E-state index in [-0.39, 0.29) is 70.3 Å². The lowest BCUT2D eigenvalue weighted by Crippen LogP contribution is -2.43. The van der Waals surface area contributed by atoms with Gasteiger partial charge in [0.1, 0.15) is 41.4 Å². The molecule has 4 aromatic rings. The van der Waals surface area contributed by atoms with Gasteiger partial charge in [-0.3, -0.25) is 9.88 Å².